The van der Waals surface area contributed by atoms with Gasteiger partial charge in [-0.25, -0.2) is 0 Å². The van der Waals surface area contributed by atoms with Crippen molar-refractivity contribution in [2.75, 3.05) is 0 Å². The Balaban J connectivity index is 1.83. The molecule has 0 saturated carbocycles. The van der Waals surface area contributed by atoms with Crippen molar-refractivity contribution >= 4 is 5.91 Å². The van der Waals surface area contributed by atoms with Crippen molar-refractivity contribution in [2.45, 2.75) is 5.92 Å². The fourth-order valence-electron chi connectivity index (χ4n) is 2.78. The Bertz CT molecular complexity index is 912. The Hall–Kier alpha value is -3.27. The molecule has 2 heterocycles. The molecular weight excluding hydrogens is 298 g/mol. The van der Waals surface area contributed by atoms with Crippen molar-refractivity contribution in [3.63, 3.8) is 0 Å². The Morgan fingerprint density at radius 3 is 2.38 bits per heavy atom. The van der Waals surface area contributed by atoms with Crippen LogP contribution in [0.15, 0.2) is 85.2 Å². The number of carbonyl (C=O) groups is 1. The lowest BCUT2D eigenvalue weighted by molar-refractivity contribution is 0.0946. The average Bonchev–Trinajstić information content (AvgIpc) is 3.32. The maximum Gasteiger partial charge on any atom is 0.278 e. The number of carbonyl (C=O) groups excluding carboxylic acids is 1. The van der Waals surface area contributed by atoms with Gasteiger partial charge in [-0.2, -0.15) is 9.78 Å². The molecule has 0 bridgehead atoms. The van der Waals surface area contributed by atoms with Crippen molar-refractivity contribution in [3.05, 3.63) is 96.5 Å². The van der Waals surface area contributed by atoms with Crippen LogP contribution in [0.1, 0.15) is 22.0 Å². The molecule has 1 aliphatic rings. The van der Waals surface area contributed by atoms with Crippen LogP contribution < -0.4 is 0 Å². The van der Waals surface area contributed by atoms with E-state index >= 15 is 0 Å². The first kappa shape index (κ1) is 14.3. The van der Waals surface area contributed by atoms with Crippen LogP contribution in [0.3, 0.4) is 0 Å². The van der Waals surface area contributed by atoms with Gasteiger partial charge in [0.2, 0.25) is 0 Å². The van der Waals surface area contributed by atoms with Crippen LogP contribution in [-0.2, 0) is 0 Å². The average molecular weight is 313 g/mol. The summed E-state index contributed by atoms with van der Waals surface area (Å²) < 4.78 is 1.49. The molecule has 4 nitrogen and oxygen atoms in total. The number of nitrogens with zero attached hydrogens (tertiary/aromatic N) is 3. The van der Waals surface area contributed by atoms with Crippen molar-refractivity contribution in [1.29, 1.82) is 0 Å². The van der Waals surface area contributed by atoms with Gasteiger partial charge in [0, 0.05) is 29.4 Å². The van der Waals surface area contributed by atoms with Crippen LogP contribution in [-0.4, -0.2) is 20.7 Å². The number of allylic oxidation sites excluding steroid dienone is 4. The van der Waals surface area contributed by atoms with Gasteiger partial charge >= 0.3 is 0 Å². The van der Waals surface area contributed by atoms with E-state index in [0.717, 1.165) is 17.0 Å². The minimum Gasteiger partial charge on any atom is -0.267 e. The quantitative estimate of drug-likeness (QED) is 0.738. The minimum absolute atomic E-state index is 0.110. The normalized spacial score (nSPS) is 13.5. The molecule has 0 unspecified atom stereocenters. The Morgan fingerprint density at radius 1 is 0.958 bits per heavy atom. The smallest absolute Gasteiger partial charge is 0.267 e. The van der Waals surface area contributed by atoms with Gasteiger partial charge in [0.05, 0.1) is 11.4 Å². The molecule has 0 spiro atoms. The number of rotatable bonds is 3. The SMILES string of the molecule is O=C(c1ccncc1)n1nc(C2C=CC=C2)cc1-c1ccccc1. The zero-order valence-electron chi connectivity index (χ0n) is 12.9. The fourth-order valence-corrected chi connectivity index (χ4v) is 2.78. The van der Waals surface area contributed by atoms with Crippen LogP contribution in [0.2, 0.25) is 0 Å². The van der Waals surface area contributed by atoms with Gasteiger partial charge in [-0.15, -0.1) is 0 Å². The van der Waals surface area contributed by atoms with Gasteiger partial charge in [-0.3, -0.25) is 9.78 Å². The number of aromatic nitrogens is 3. The van der Waals surface area contributed by atoms with Gasteiger partial charge in [0.25, 0.3) is 5.91 Å². The van der Waals surface area contributed by atoms with E-state index in [1.807, 2.05) is 48.6 Å². The van der Waals surface area contributed by atoms with E-state index in [0.29, 0.717) is 5.56 Å². The zero-order chi connectivity index (χ0) is 16.4. The third kappa shape index (κ3) is 2.58. The standard InChI is InChI=1S/C20H15N3O/c24-20(17-10-12-21-13-11-17)23-19(16-8-2-1-3-9-16)14-18(22-23)15-6-4-5-7-15/h1-15H. The molecule has 116 valence electrons. The van der Waals surface area contributed by atoms with Crippen LogP contribution in [0.4, 0.5) is 0 Å². The second kappa shape index (κ2) is 6.08. The minimum atomic E-state index is -0.159. The lowest BCUT2D eigenvalue weighted by Crippen LogP contribution is -2.15. The highest BCUT2D eigenvalue weighted by Gasteiger charge is 2.20. The Labute approximate surface area is 139 Å². The summed E-state index contributed by atoms with van der Waals surface area (Å²) in [6.45, 7) is 0. The van der Waals surface area contributed by atoms with Gasteiger partial charge in [-0.1, -0.05) is 54.6 Å². The summed E-state index contributed by atoms with van der Waals surface area (Å²) >= 11 is 0. The largest absolute Gasteiger partial charge is 0.278 e. The van der Waals surface area contributed by atoms with E-state index in [1.54, 1.807) is 24.5 Å². The van der Waals surface area contributed by atoms with E-state index in [9.17, 15) is 4.79 Å². The predicted molar refractivity (Wildman–Crippen MR) is 92.6 cm³/mol. The second-order valence-corrected chi connectivity index (χ2v) is 5.57. The lowest BCUT2D eigenvalue weighted by atomic mass is 10.1. The molecule has 4 heteroatoms. The number of hydrogen-bond acceptors (Lipinski definition) is 3. The summed E-state index contributed by atoms with van der Waals surface area (Å²) in [5.74, 6) is -0.0487. The summed E-state index contributed by atoms with van der Waals surface area (Å²) in [6.07, 6.45) is 11.4. The van der Waals surface area contributed by atoms with Crippen LogP contribution in [0, 0.1) is 0 Å². The van der Waals surface area contributed by atoms with E-state index in [2.05, 4.69) is 22.2 Å². The first-order valence-corrected chi connectivity index (χ1v) is 7.78. The number of pyridine rings is 1. The zero-order valence-corrected chi connectivity index (χ0v) is 12.9. The molecular formula is C20H15N3O. The number of benzene rings is 1. The van der Waals surface area contributed by atoms with Crippen molar-refractivity contribution in [2.24, 2.45) is 0 Å². The third-order valence-corrected chi connectivity index (χ3v) is 4.01. The number of hydrogen-bond donors (Lipinski definition) is 0. The highest BCUT2D eigenvalue weighted by molar-refractivity contribution is 5.97. The first-order chi connectivity index (χ1) is 11.8. The summed E-state index contributed by atoms with van der Waals surface area (Å²) in [5, 5.41) is 4.59. The molecule has 1 aliphatic carbocycles. The summed E-state index contributed by atoms with van der Waals surface area (Å²) in [4.78, 5) is 16.9. The molecule has 0 aliphatic heterocycles. The molecule has 0 amide bonds. The van der Waals surface area contributed by atoms with Crippen LogP contribution in [0.25, 0.3) is 11.3 Å². The maximum atomic E-state index is 12.9. The molecule has 0 radical (unpaired) electrons. The molecule has 0 atom stereocenters. The van der Waals surface area contributed by atoms with Crippen molar-refractivity contribution < 1.29 is 4.79 Å². The maximum absolute atomic E-state index is 12.9. The van der Waals surface area contributed by atoms with E-state index in [1.165, 1.54) is 4.68 Å². The third-order valence-electron chi connectivity index (χ3n) is 4.01. The predicted octanol–water partition coefficient (Wildman–Crippen LogP) is 3.84. The second-order valence-electron chi connectivity index (χ2n) is 5.57. The van der Waals surface area contributed by atoms with E-state index < -0.39 is 0 Å². The molecule has 24 heavy (non-hydrogen) atoms. The first-order valence-electron chi connectivity index (χ1n) is 7.78. The molecule has 1 aromatic carbocycles. The lowest BCUT2D eigenvalue weighted by Gasteiger charge is -2.06. The van der Waals surface area contributed by atoms with Gasteiger partial charge in [-0.05, 0) is 18.2 Å². The van der Waals surface area contributed by atoms with Gasteiger partial charge in [0.15, 0.2) is 0 Å². The van der Waals surface area contributed by atoms with E-state index in [-0.39, 0.29) is 11.8 Å². The Morgan fingerprint density at radius 2 is 1.67 bits per heavy atom. The molecule has 4 rings (SSSR count). The molecule has 0 N–H and O–H groups in total. The van der Waals surface area contributed by atoms with E-state index in [4.69, 9.17) is 0 Å². The highest BCUT2D eigenvalue weighted by Crippen LogP contribution is 2.28. The summed E-state index contributed by atoms with van der Waals surface area (Å²) in [6, 6.07) is 15.2. The summed E-state index contributed by atoms with van der Waals surface area (Å²) in [7, 11) is 0. The van der Waals surface area contributed by atoms with Crippen molar-refractivity contribution in [1.82, 2.24) is 14.8 Å². The highest BCUT2D eigenvalue weighted by atomic mass is 16.2. The van der Waals surface area contributed by atoms with Gasteiger partial charge in [0.1, 0.15) is 0 Å². The molecule has 0 saturated heterocycles. The van der Waals surface area contributed by atoms with Crippen molar-refractivity contribution in [3.8, 4) is 11.3 Å². The summed E-state index contributed by atoms with van der Waals surface area (Å²) in [5.41, 5.74) is 3.18. The molecule has 3 aromatic rings. The van der Waals surface area contributed by atoms with Crippen LogP contribution in [0.5, 0.6) is 0 Å². The van der Waals surface area contributed by atoms with Crippen LogP contribution >= 0.6 is 0 Å². The molecule has 2 aromatic heterocycles. The molecule has 0 fully saturated rings. The topological polar surface area (TPSA) is 47.8 Å². The van der Waals surface area contributed by atoms with Gasteiger partial charge < -0.3 is 0 Å². The monoisotopic (exact) mass is 313 g/mol. The fraction of sp³-hybridized carbons (Fsp3) is 0.0500. The Kier molecular flexibility index (Phi) is 3.63.